The lowest BCUT2D eigenvalue weighted by atomic mass is 10.4. The van der Waals surface area contributed by atoms with Gasteiger partial charge in [-0.3, -0.25) is 0 Å². The smallest absolute Gasteiger partial charge is 0.214 e. The maximum absolute atomic E-state index is 12.0. The van der Waals surface area contributed by atoms with Gasteiger partial charge >= 0.3 is 0 Å². The summed E-state index contributed by atoms with van der Waals surface area (Å²) in [6, 6.07) is 0. The minimum absolute atomic E-state index is 0.0284. The molecule has 1 aliphatic rings. The Morgan fingerprint density at radius 3 is 2.62 bits per heavy atom. The molecular formula is C9H19N3O3S. The van der Waals surface area contributed by atoms with Crippen LogP contribution in [0.25, 0.3) is 0 Å². The summed E-state index contributed by atoms with van der Waals surface area (Å²) in [5, 5.41) is 11.3. The molecule has 0 heterocycles. The Hall–Kier alpha value is -0.820. The van der Waals surface area contributed by atoms with E-state index in [0.717, 1.165) is 12.8 Å². The van der Waals surface area contributed by atoms with E-state index in [-0.39, 0.29) is 18.1 Å². The quantitative estimate of drug-likeness (QED) is 0.291. The van der Waals surface area contributed by atoms with Crippen molar-refractivity contribution in [1.29, 1.82) is 0 Å². The van der Waals surface area contributed by atoms with E-state index in [4.69, 9.17) is 10.9 Å². The lowest BCUT2D eigenvalue weighted by molar-refractivity contribution is 0.314. The largest absolute Gasteiger partial charge is 0.409 e. The summed E-state index contributed by atoms with van der Waals surface area (Å²) in [7, 11) is -3.27. The van der Waals surface area contributed by atoms with E-state index < -0.39 is 10.0 Å². The van der Waals surface area contributed by atoms with Crippen molar-refractivity contribution < 1.29 is 13.6 Å². The van der Waals surface area contributed by atoms with Crippen LogP contribution in [0, 0.1) is 5.92 Å². The van der Waals surface area contributed by atoms with Crippen molar-refractivity contribution in [2.24, 2.45) is 16.8 Å². The summed E-state index contributed by atoms with van der Waals surface area (Å²) < 4.78 is 25.2. The highest BCUT2D eigenvalue weighted by Crippen LogP contribution is 2.31. The molecule has 0 amide bonds. The molecule has 0 atom stereocenters. The summed E-state index contributed by atoms with van der Waals surface area (Å²) in [5.74, 6) is 0.413. The second-order valence-electron chi connectivity index (χ2n) is 4.15. The van der Waals surface area contributed by atoms with Crippen LogP contribution in [0.2, 0.25) is 0 Å². The van der Waals surface area contributed by atoms with Crippen LogP contribution in [0.15, 0.2) is 5.16 Å². The zero-order chi connectivity index (χ0) is 12.2. The number of rotatable bonds is 7. The van der Waals surface area contributed by atoms with Gasteiger partial charge in [0.15, 0.2) is 5.84 Å². The predicted molar refractivity (Wildman–Crippen MR) is 61.8 cm³/mol. The van der Waals surface area contributed by atoms with Crippen LogP contribution in [0.1, 0.15) is 26.2 Å². The number of hydrogen-bond acceptors (Lipinski definition) is 4. The molecule has 0 aromatic rings. The second-order valence-corrected chi connectivity index (χ2v) is 6.16. The predicted octanol–water partition coefficient (Wildman–Crippen LogP) is 0.185. The van der Waals surface area contributed by atoms with Crippen LogP contribution < -0.4 is 5.73 Å². The molecule has 0 bridgehead atoms. The van der Waals surface area contributed by atoms with Gasteiger partial charge in [-0.05, 0) is 25.2 Å². The fourth-order valence-electron chi connectivity index (χ4n) is 1.47. The zero-order valence-electron chi connectivity index (χ0n) is 9.46. The Morgan fingerprint density at radius 2 is 2.19 bits per heavy atom. The average Bonchev–Trinajstić information content (AvgIpc) is 3.00. The molecule has 0 spiro atoms. The maximum atomic E-state index is 12.0. The molecule has 0 aliphatic heterocycles. The number of sulfonamides is 1. The first-order valence-electron chi connectivity index (χ1n) is 5.43. The Labute approximate surface area is 96.2 Å². The third-order valence-electron chi connectivity index (χ3n) is 2.48. The van der Waals surface area contributed by atoms with E-state index in [0.29, 0.717) is 18.9 Å². The molecule has 1 rings (SSSR count). The Balaban J connectivity index is 2.66. The van der Waals surface area contributed by atoms with Gasteiger partial charge in [0.1, 0.15) is 0 Å². The van der Waals surface area contributed by atoms with Crippen LogP contribution >= 0.6 is 0 Å². The van der Waals surface area contributed by atoms with Crippen molar-refractivity contribution >= 4 is 15.9 Å². The highest BCUT2D eigenvalue weighted by Gasteiger charge is 2.31. The second kappa shape index (κ2) is 5.49. The highest BCUT2D eigenvalue weighted by molar-refractivity contribution is 7.89. The molecule has 0 saturated heterocycles. The summed E-state index contributed by atoms with van der Waals surface area (Å²) >= 11 is 0. The third kappa shape index (κ3) is 3.97. The van der Waals surface area contributed by atoms with E-state index >= 15 is 0 Å². The molecule has 1 fully saturated rings. The highest BCUT2D eigenvalue weighted by atomic mass is 32.2. The number of hydrogen-bond donors (Lipinski definition) is 2. The summed E-state index contributed by atoms with van der Waals surface area (Å²) in [6.45, 7) is 2.27. The first-order chi connectivity index (χ1) is 7.49. The van der Waals surface area contributed by atoms with E-state index in [1.54, 1.807) is 0 Å². The molecule has 0 aromatic heterocycles. The first-order valence-corrected chi connectivity index (χ1v) is 7.04. The molecule has 7 heteroatoms. The first kappa shape index (κ1) is 13.2. The number of amidine groups is 1. The lowest BCUT2D eigenvalue weighted by Crippen LogP contribution is -2.40. The number of oxime groups is 1. The lowest BCUT2D eigenvalue weighted by Gasteiger charge is -2.20. The molecule has 0 radical (unpaired) electrons. The third-order valence-corrected chi connectivity index (χ3v) is 4.47. The minimum Gasteiger partial charge on any atom is -0.409 e. The maximum Gasteiger partial charge on any atom is 0.214 e. The van der Waals surface area contributed by atoms with Crippen molar-refractivity contribution in [1.82, 2.24) is 4.31 Å². The Kier molecular flexibility index (Phi) is 4.55. The standard InChI is InChI=1S/C9H19N3O3S/c1-2-5-12(6-9(10)11-13)16(14,15)7-8-3-4-8/h8,13H,2-7H2,1H3,(H2,10,11). The molecule has 16 heavy (non-hydrogen) atoms. The monoisotopic (exact) mass is 249 g/mol. The zero-order valence-corrected chi connectivity index (χ0v) is 10.3. The SMILES string of the molecule is CCCN(CC(N)=NO)S(=O)(=O)CC1CC1. The fourth-order valence-corrected chi connectivity index (χ4v) is 3.40. The van der Waals surface area contributed by atoms with E-state index in [9.17, 15) is 8.42 Å². The van der Waals surface area contributed by atoms with Crippen molar-refractivity contribution in [2.45, 2.75) is 26.2 Å². The van der Waals surface area contributed by atoms with Crippen molar-refractivity contribution in [3.63, 3.8) is 0 Å². The molecule has 6 nitrogen and oxygen atoms in total. The van der Waals surface area contributed by atoms with Crippen molar-refractivity contribution in [2.75, 3.05) is 18.8 Å². The van der Waals surface area contributed by atoms with Gasteiger partial charge in [0.2, 0.25) is 10.0 Å². The molecule has 0 aromatic carbocycles. The van der Waals surface area contributed by atoms with Gasteiger partial charge in [-0.15, -0.1) is 0 Å². The van der Waals surface area contributed by atoms with Crippen LogP contribution in [0.4, 0.5) is 0 Å². The van der Waals surface area contributed by atoms with Crippen molar-refractivity contribution in [3.05, 3.63) is 0 Å². The van der Waals surface area contributed by atoms with Crippen molar-refractivity contribution in [3.8, 4) is 0 Å². The minimum atomic E-state index is -3.27. The topological polar surface area (TPSA) is 96.0 Å². The molecule has 94 valence electrons. The average molecular weight is 249 g/mol. The van der Waals surface area contributed by atoms with Gasteiger partial charge in [-0.25, -0.2) is 8.42 Å². The number of nitrogens with zero attached hydrogens (tertiary/aromatic N) is 2. The van der Waals surface area contributed by atoms with E-state index in [1.165, 1.54) is 4.31 Å². The molecule has 1 saturated carbocycles. The summed E-state index contributed by atoms with van der Waals surface area (Å²) in [6.07, 6.45) is 2.69. The van der Waals surface area contributed by atoms with Gasteiger partial charge in [0.25, 0.3) is 0 Å². The van der Waals surface area contributed by atoms with Crippen LogP contribution in [0.3, 0.4) is 0 Å². The summed E-state index contributed by atoms with van der Waals surface area (Å²) in [5.41, 5.74) is 5.34. The van der Waals surface area contributed by atoms with E-state index in [2.05, 4.69) is 5.16 Å². The van der Waals surface area contributed by atoms with Crippen LogP contribution in [0.5, 0.6) is 0 Å². The Morgan fingerprint density at radius 1 is 1.56 bits per heavy atom. The van der Waals surface area contributed by atoms with Crippen LogP contribution in [-0.4, -0.2) is 42.6 Å². The summed E-state index contributed by atoms with van der Waals surface area (Å²) in [4.78, 5) is 0. The normalized spacial score (nSPS) is 18.0. The number of nitrogens with two attached hydrogens (primary N) is 1. The fraction of sp³-hybridized carbons (Fsp3) is 0.889. The van der Waals surface area contributed by atoms with Gasteiger partial charge in [-0.1, -0.05) is 12.1 Å². The Bertz CT molecular complexity index is 349. The molecule has 3 N–H and O–H groups in total. The van der Waals surface area contributed by atoms with E-state index in [1.807, 2.05) is 6.92 Å². The van der Waals surface area contributed by atoms with Gasteiger partial charge < -0.3 is 10.9 Å². The van der Waals surface area contributed by atoms with Gasteiger partial charge in [0, 0.05) is 6.54 Å². The van der Waals surface area contributed by atoms with Gasteiger partial charge in [-0.2, -0.15) is 4.31 Å². The molecular weight excluding hydrogens is 230 g/mol. The van der Waals surface area contributed by atoms with Crippen LogP contribution in [-0.2, 0) is 10.0 Å². The molecule has 0 unspecified atom stereocenters. The molecule has 1 aliphatic carbocycles. The van der Waals surface area contributed by atoms with Gasteiger partial charge in [0.05, 0.1) is 12.3 Å².